The van der Waals surface area contributed by atoms with Gasteiger partial charge in [0, 0.05) is 6.54 Å². The van der Waals surface area contributed by atoms with E-state index in [2.05, 4.69) is 24.3 Å². The van der Waals surface area contributed by atoms with Crippen LogP contribution in [0.4, 0.5) is 4.79 Å². The predicted molar refractivity (Wildman–Crippen MR) is 96.9 cm³/mol. The Morgan fingerprint density at radius 1 is 1.04 bits per heavy atom. The van der Waals surface area contributed by atoms with Crippen molar-refractivity contribution in [3.63, 3.8) is 0 Å². The summed E-state index contributed by atoms with van der Waals surface area (Å²) in [5, 5.41) is 9.74. The maximum absolute atomic E-state index is 11.9. The van der Waals surface area contributed by atoms with E-state index in [4.69, 9.17) is 0 Å². The smallest absolute Gasteiger partial charge is 0.408 e. The van der Waals surface area contributed by atoms with Crippen LogP contribution in [0.25, 0.3) is 6.08 Å². The Morgan fingerprint density at radius 3 is 2.38 bits per heavy atom. The Morgan fingerprint density at radius 2 is 1.71 bits per heavy atom. The van der Waals surface area contributed by atoms with E-state index in [1.807, 2.05) is 48.5 Å². The molecule has 1 N–H and O–H groups in total. The number of hydrogen-bond donors (Lipinski definition) is 1. The highest BCUT2D eigenvalue weighted by Gasteiger charge is 2.39. The highest BCUT2D eigenvalue weighted by atomic mass is 16.4. The van der Waals surface area contributed by atoms with E-state index >= 15 is 0 Å². The minimum atomic E-state index is -0.830. The molecule has 1 heterocycles. The van der Waals surface area contributed by atoms with Crippen LogP contribution in [0.5, 0.6) is 0 Å². The predicted octanol–water partition coefficient (Wildman–Crippen LogP) is 4.85. The molecule has 3 rings (SSSR count). The monoisotopic (exact) mass is 321 g/mol. The van der Waals surface area contributed by atoms with Gasteiger partial charge in [0.15, 0.2) is 0 Å². The fourth-order valence-electron chi connectivity index (χ4n) is 3.53. The van der Waals surface area contributed by atoms with Gasteiger partial charge in [-0.15, -0.1) is 0 Å². The molecule has 2 aromatic carbocycles. The summed E-state index contributed by atoms with van der Waals surface area (Å²) in [7, 11) is 0. The number of benzene rings is 2. The molecule has 1 aliphatic rings. The highest BCUT2D eigenvalue weighted by molar-refractivity contribution is 5.68. The zero-order valence-corrected chi connectivity index (χ0v) is 13.8. The van der Waals surface area contributed by atoms with Gasteiger partial charge in [-0.3, -0.25) is 4.90 Å². The second-order valence-corrected chi connectivity index (χ2v) is 6.40. The number of piperidine rings is 1. The standard InChI is InChI=1S/C21H23NO2/c23-20(24)22-16-8-7-14-21(22,17-19-11-5-2-6-12-19)15-13-18-9-3-1-4-10-18/h1-6,9-13,15H,7-8,14,16-17H2,(H,23,24)/b15-13+/t21-/m1/s1. The molecule has 124 valence electrons. The molecule has 1 saturated heterocycles. The number of rotatable bonds is 4. The van der Waals surface area contributed by atoms with Crippen molar-refractivity contribution < 1.29 is 9.90 Å². The average molecular weight is 321 g/mol. The average Bonchev–Trinajstić information content (AvgIpc) is 2.62. The summed E-state index contributed by atoms with van der Waals surface area (Å²) in [6.07, 6.45) is 6.88. The molecule has 3 heteroatoms. The van der Waals surface area contributed by atoms with Gasteiger partial charge in [0.25, 0.3) is 0 Å². The van der Waals surface area contributed by atoms with Crippen LogP contribution in [-0.2, 0) is 6.42 Å². The SMILES string of the molecule is O=C(O)N1CCCC[C@@]1(/C=C/c1ccccc1)Cc1ccccc1. The molecule has 0 bridgehead atoms. The lowest BCUT2D eigenvalue weighted by Crippen LogP contribution is -2.54. The first kappa shape index (κ1) is 16.3. The maximum Gasteiger partial charge on any atom is 0.408 e. The van der Waals surface area contributed by atoms with Gasteiger partial charge in [0.05, 0.1) is 5.54 Å². The lowest BCUT2D eigenvalue weighted by Gasteiger charge is -2.44. The third-order valence-corrected chi connectivity index (χ3v) is 4.75. The topological polar surface area (TPSA) is 40.5 Å². The van der Waals surface area contributed by atoms with Gasteiger partial charge in [-0.2, -0.15) is 0 Å². The van der Waals surface area contributed by atoms with Crippen molar-refractivity contribution >= 4 is 12.2 Å². The molecule has 1 fully saturated rings. The van der Waals surface area contributed by atoms with Gasteiger partial charge >= 0.3 is 6.09 Å². The van der Waals surface area contributed by atoms with Gasteiger partial charge in [0.1, 0.15) is 0 Å². The van der Waals surface area contributed by atoms with Crippen molar-refractivity contribution in [1.29, 1.82) is 0 Å². The van der Waals surface area contributed by atoms with Crippen LogP contribution in [0.3, 0.4) is 0 Å². The number of carboxylic acid groups (broad SMARTS) is 1. The van der Waals surface area contributed by atoms with Crippen LogP contribution < -0.4 is 0 Å². The second-order valence-electron chi connectivity index (χ2n) is 6.40. The van der Waals surface area contributed by atoms with E-state index in [0.29, 0.717) is 13.0 Å². The first-order valence-corrected chi connectivity index (χ1v) is 8.48. The largest absolute Gasteiger partial charge is 0.465 e. The summed E-state index contributed by atoms with van der Waals surface area (Å²) in [4.78, 5) is 13.5. The molecule has 24 heavy (non-hydrogen) atoms. The van der Waals surface area contributed by atoms with Gasteiger partial charge in [-0.25, -0.2) is 4.79 Å². The maximum atomic E-state index is 11.9. The number of likely N-dealkylation sites (tertiary alicyclic amines) is 1. The van der Waals surface area contributed by atoms with Gasteiger partial charge < -0.3 is 5.11 Å². The summed E-state index contributed by atoms with van der Waals surface area (Å²) in [6, 6.07) is 20.2. The zero-order chi connectivity index (χ0) is 16.8. The van der Waals surface area contributed by atoms with Crippen molar-refractivity contribution in [1.82, 2.24) is 4.90 Å². The van der Waals surface area contributed by atoms with Crippen LogP contribution in [0.2, 0.25) is 0 Å². The van der Waals surface area contributed by atoms with Gasteiger partial charge in [-0.1, -0.05) is 72.8 Å². The third-order valence-electron chi connectivity index (χ3n) is 4.75. The van der Waals surface area contributed by atoms with Crippen LogP contribution in [0.15, 0.2) is 66.7 Å². The Bertz CT molecular complexity index is 696. The van der Waals surface area contributed by atoms with E-state index in [1.165, 1.54) is 5.56 Å². The number of nitrogens with zero attached hydrogens (tertiary/aromatic N) is 1. The fraction of sp³-hybridized carbons (Fsp3) is 0.286. The van der Waals surface area contributed by atoms with Crippen molar-refractivity contribution in [2.75, 3.05) is 6.54 Å². The Balaban J connectivity index is 1.96. The molecule has 2 aromatic rings. The molecular formula is C21H23NO2. The Kier molecular flexibility index (Phi) is 4.99. The first-order chi connectivity index (χ1) is 11.7. The molecule has 1 atom stereocenters. The van der Waals surface area contributed by atoms with E-state index in [9.17, 15) is 9.90 Å². The molecule has 0 radical (unpaired) electrons. The van der Waals surface area contributed by atoms with Crippen LogP contribution in [0.1, 0.15) is 30.4 Å². The lowest BCUT2D eigenvalue weighted by molar-refractivity contribution is 0.0738. The third kappa shape index (κ3) is 3.67. The summed E-state index contributed by atoms with van der Waals surface area (Å²) in [6.45, 7) is 0.599. The highest BCUT2D eigenvalue weighted by Crippen LogP contribution is 2.34. The minimum absolute atomic E-state index is 0.471. The summed E-state index contributed by atoms with van der Waals surface area (Å²) >= 11 is 0. The van der Waals surface area contributed by atoms with E-state index in [1.54, 1.807) is 4.90 Å². The Labute approximate surface area is 143 Å². The van der Waals surface area contributed by atoms with E-state index < -0.39 is 11.6 Å². The fourth-order valence-corrected chi connectivity index (χ4v) is 3.53. The molecule has 1 amide bonds. The van der Waals surface area contributed by atoms with Gasteiger partial charge in [-0.05, 0) is 36.8 Å². The van der Waals surface area contributed by atoms with Crippen molar-refractivity contribution in [2.24, 2.45) is 0 Å². The molecule has 0 saturated carbocycles. The van der Waals surface area contributed by atoms with Crippen molar-refractivity contribution in [3.05, 3.63) is 77.9 Å². The number of amides is 1. The number of carbonyl (C=O) groups is 1. The first-order valence-electron chi connectivity index (χ1n) is 8.48. The summed E-state index contributed by atoms with van der Waals surface area (Å²) < 4.78 is 0. The van der Waals surface area contributed by atoms with Crippen LogP contribution in [-0.4, -0.2) is 28.2 Å². The van der Waals surface area contributed by atoms with Gasteiger partial charge in [0.2, 0.25) is 0 Å². The second kappa shape index (κ2) is 7.35. The summed E-state index contributed by atoms with van der Waals surface area (Å²) in [5.74, 6) is 0. The van der Waals surface area contributed by atoms with E-state index in [0.717, 1.165) is 24.8 Å². The molecule has 3 nitrogen and oxygen atoms in total. The lowest BCUT2D eigenvalue weighted by atomic mass is 9.80. The van der Waals surface area contributed by atoms with Crippen LogP contribution in [0, 0.1) is 0 Å². The Hall–Kier alpha value is -2.55. The molecule has 1 aliphatic heterocycles. The molecule has 0 aromatic heterocycles. The molecule has 0 unspecified atom stereocenters. The molecule has 0 aliphatic carbocycles. The molecular weight excluding hydrogens is 298 g/mol. The van der Waals surface area contributed by atoms with E-state index in [-0.39, 0.29) is 0 Å². The number of hydrogen-bond acceptors (Lipinski definition) is 1. The quantitative estimate of drug-likeness (QED) is 0.875. The summed E-state index contributed by atoms with van der Waals surface area (Å²) in [5.41, 5.74) is 1.80. The minimum Gasteiger partial charge on any atom is -0.465 e. The van der Waals surface area contributed by atoms with Crippen LogP contribution >= 0.6 is 0 Å². The zero-order valence-electron chi connectivity index (χ0n) is 13.8. The van der Waals surface area contributed by atoms with Crippen molar-refractivity contribution in [3.8, 4) is 0 Å². The van der Waals surface area contributed by atoms with Crippen molar-refractivity contribution in [2.45, 2.75) is 31.2 Å². The normalized spacial score (nSPS) is 21.1. The molecule has 0 spiro atoms.